The number of benzene rings is 3. The number of ether oxygens (including phenoxy) is 3. The van der Waals surface area contributed by atoms with Gasteiger partial charge in [-0.3, -0.25) is 4.79 Å². The molecule has 1 aliphatic rings. The van der Waals surface area contributed by atoms with Gasteiger partial charge in [0.25, 0.3) is 0 Å². The van der Waals surface area contributed by atoms with Gasteiger partial charge in [0.05, 0.1) is 31.7 Å². The fourth-order valence-corrected chi connectivity index (χ4v) is 4.90. The van der Waals surface area contributed by atoms with Crippen molar-refractivity contribution in [3.8, 4) is 11.5 Å². The molecule has 3 aromatic carbocycles. The normalized spacial score (nSPS) is 14.1. The van der Waals surface area contributed by atoms with Crippen molar-refractivity contribution >= 4 is 23.1 Å². The molecule has 0 radical (unpaired) electrons. The number of carboxylic acids is 1. The van der Waals surface area contributed by atoms with E-state index in [9.17, 15) is 9.90 Å². The highest BCUT2D eigenvalue weighted by atomic mass is 16.5. The molecule has 0 saturated heterocycles. The van der Waals surface area contributed by atoms with Crippen molar-refractivity contribution in [3.05, 3.63) is 94.0 Å². The summed E-state index contributed by atoms with van der Waals surface area (Å²) in [6.07, 6.45) is 1.16. The predicted octanol–water partition coefficient (Wildman–Crippen LogP) is 4.77. The zero-order chi connectivity index (χ0) is 26.8. The predicted molar refractivity (Wildman–Crippen MR) is 143 cm³/mol. The van der Waals surface area contributed by atoms with E-state index in [1.807, 2.05) is 37.3 Å². The van der Waals surface area contributed by atoms with Gasteiger partial charge in [-0.15, -0.1) is 0 Å². The molecule has 0 fully saturated rings. The molecular formula is C30H30N2O6. The van der Waals surface area contributed by atoms with E-state index in [1.165, 1.54) is 5.56 Å². The molecule has 2 atom stereocenters. The number of imidazole rings is 1. The highest BCUT2D eigenvalue weighted by Gasteiger charge is 2.28. The van der Waals surface area contributed by atoms with Gasteiger partial charge < -0.3 is 29.4 Å². The number of aromatic nitrogens is 2. The first-order chi connectivity index (χ1) is 18.3. The van der Waals surface area contributed by atoms with Gasteiger partial charge in [-0.2, -0.15) is 0 Å². The third-order valence-corrected chi connectivity index (χ3v) is 6.85. The summed E-state index contributed by atoms with van der Waals surface area (Å²) in [6.45, 7) is 1.90. The van der Waals surface area contributed by atoms with Crippen LogP contribution in [-0.2, 0) is 28.8 Å². The van der Waals surface area contributed by atoms with Crippen molar-refractivity contribution in [1.29, 1.82) is 0 Å². The lowest BCUT2D eigenvalue weighted by molar-refractivity contribution is -0.136. The maximum atomic E-state index is 11.6. The quantitative estimate of drug-likeness (QED) is 0.279. The number of nitrogens with zero attached hydrogens (tertiary/aromatic N) is 1. The molecule has 8 nitrogen and oxygen atoms in total. The van der Waals surface area contributed by atoms with Crippen molar-refractivity contribution in [2.45, 2.75) is 38.4 Å². The molecule has 5 rings (SSSR count). The van der Waals surface area contributed by atoms with Crippen molar-refractivity contribution in [1.82, 2.24) is 9.97 Å². The van der Waals surface area contributed by atoms with E-state index in [0.29, 0.717) is 40.4 Å². The van der Waals surface area contributed by atoms with Crippen LogP contribution in [0.25, 0.3) is 17.1 Å². The summed E-state index contributed by atoms with van der Waals surface area (Å²) in [7, 11) is 3.17. The van der Waals surface area contributed by atoms with Gasteiger partial charge in [-0.25, -0.2) is 4.98 Å². The van der Waals surface area contributed by atoms with Crippen LogP contribution in [0.4, 0.5) is 0 Å². The summed E-state index contributed by atoms with van der Waals surface area (Å²) in [5.41, 5.74) is 5.83. The Balaban J connectivity index is 1.47. The minimum absolute atomic E-state index is 0.0750. The van der Waals surface area contributed by atoms with Gasteiger partial charge in [0.2, 0.25) is 0 Å². The van der Waals surface area contributed by atoms with E-state index in [4.69, 9.17) is 19.3 Å². The molecule has 0 bridgehead atoms. The largest absolute Gasteiger partial charge is 0.496 e. The molecule has 1 heterocycles. The van der Waals surface area contributed by atoms with Gasteiger partial charge in [0, 0.05) is 18.4 Å². The summed E-state index contributed by atoms with van der Waals surface area (Å²) in [6, 6.07) is 17.1. The molecule has 1 aliphatic carbocycles. The van der Waals surface area contributed by atoms with Gasteiger partial charge in [-0.05, 0) is 59.5 Å². The first kappa shape index (κ1) is 25.4. The topological polar surface area (TPSA) is 114 Å². The zero-order valence-corrected chi connectivity index (χ0v) is 21.5. The monoisotopic (exact) mass is 514 g/mol. The van der Waals surface area contributed by atoms with E-state index in [-0.39, 0.29) is 12.8 Å². The molecule has 3 N–H and O–H groups in total. The van der Waals surface area contributed by atoms with Crippen LogP contribution < -0.4 is 9.47 Å². The smallest absolute Gasteiger partial charge is 0.307 e. The summed E-state index contributed by atoms with van der Waals surface area (Å²) in [4.78, 5) is 19.1. The van der Waals surface area contributed by atoms with Gasteiger partial charge in [-0.1, -0.05) is 30.3 Å². The second-order valence-corrected chi connectivity index (χ2v) is 9.45. The van der Waals surface area contributed by atoms with Crippen LogP contribution >= 0.6 is 0 Å². The Hall–Kier alpha value is -4.30. The van der Waals surface area contributed by atoms with Crippen LogP contribution in [0.1, 0.15) is 39.7 Å². The standard InChI is InChI=1S/C30H30N2O6/c1-17-25(36-2)14-21(15-26(17)37-3)30(35)27(38-22-12-19-6-4-5-7-20(19)13-22)16-28-31-23-9-8-18(11-29(33)34)10-24(23)32-28/h4-10,12,14-15,27,30,35H,11,13,16H2,1-3H3,(H,31,32)(H,33,34)/t27-,30+/m0/s1. The number of aliphatic hydroxyl groups excluding tert-OH is 1. The summed E-state index contributed by atoms with van der Waals surface area (Å²) >= 11 is 0. The number of fused-ring (bicyclic) bond motifs is 2. The Morgan fingerprint density at radius 1 is 1.08 bits per heavy atom. The molecule has 0 unspecified atom stereocenters. The number of methoxy groups -OCH3 is 2. The van der Waals surface area contributed by atoms with Crippen LogP contribution in [0, 0.1) is 6.92 Å². The maximum Gasteiger partial charge on any atom is 0.307 e. The highest BCUT2D eigenvalue weighted by molar-refractivity contribution is 5.78. The highest BCUT2D eigenvalue weighted by Crippen LogP contribution is 2.36. The van der Waals surface area contributed by atoms with E-state index >= 15 is 0 Å². The fraction of sp³-hybridized carbons (Fsp3) is 0.267. The summed E-state index contributed by atoms with van der Waals surface area (Å²) < 4.78 is 17.5. The van der Waals surface area contributed by atoms with Crippen LogP contribution in [0.2, 0.25) is 0 Å². The first-order valence-electron chi connectivity index (χ1n) is 12.4. The average Bonchev–Trinajstić information content (AvgIpc) is 3.50. The Morgan fingerprint density at radius 2 is 1.82 bits per heavy atom. The van der Waals surface area contributed by atoms with Crippen LogP contribution in [0.15, 0.2) is 60.4 Å². The first-order valence-corrected chi connectivity index (χ1v) is 12.4. The number of aliphatic carboxylic acids is 1. The molecule has 196 valence electrons. The molecular weight excluding hydrogens is 484 g/mol. The number of hydrogen-bond donors (Lipinski definition) is 3. The number of carbonyl (C=O) groups is 1. The van der Waals surface area contributed by atoms with Gasteiger partial charge >= 0.3 is 5.97 Å². The second kappa shape index (κ2) is 10.6. The Labute approximate surface area is 220 Å². The number of aliphatic hydroxyl groups is 1. The number of H-pyrrole nitrogens is 1. The van der Waals surface area contributed by atoms with E-state index in [1.54, 1.807) is 38.5 Å². The van der Waals surface area contributed by atoms with Crippen molar-refractivity contribution in [2.75, 3.05) is 14.2 Å². The molecule has 0 aliphatic heterocycles. The Kier molecular flexibility index (Phi) is 7.07. The minimum atomic E-state index is -1.02. The molecule has 1 aromatic heterocycles. The third-order valence-electron chi connectivity index (χ3n) is 6.85. The lowest BCUT2D eigenvalue weighted by atomic mass is 9.99. The molecule has 0 saturated carbocycles. The fourth-order valence-electron chi connectivity index (χ4n) is 4.90. The van der Waals surface area contributed by atoms with Gasteiger partial charge in [0.15, 0.2) is 0 Å². The maximum absolute atomic E-state index is 11.6. The number of rotatable bonds is 10. The van der Waals surface area contributed by atoms with E-state index in [2.05, 4.69) is 16.0 Å². The number of aromatic amines is 1. The van der Waals surface area contributed by atoms with Crippen LogP contribution in [0.3, 0.4) is 0 Å². The van der Waals surface area contributed by atoms with Crippen LogP contribution in [-0.4, -0.2) is 46.5 Å². The summed E-state index contributed by atoms with van der Waals surface area (Å²) in [5.74, 6) is 1.71. The SMILES string of the molecule is COc1cc([C@@H](O)[C@H](Cc2nc3cc(CC(=O)O)ccc3[nH]2)OC2=Cc3ccccc3C2)cc(OC)c1C. The third kappa shape index (κ3) is 5.21. The van der Waals surface area contributed by atoms with Crippen molar-refractivity contribution < 1.29 is 29.2 Å². The number of hydrogen-bond acceptors (Lipinski definition) is 6. The molecule has 4 aromatic rings. The Morgan fingerprint density at radius 3 is 2.50 bits per heavy atom. The molecule has 0 spiro atoms. The lowest BCUT2D eigenvalue weighted by Gasteiger charge is -2.25. The average molecular weight is 515 g/mol. The lowest BCUT2D eigenvalue weighted by Crippen LogP contribution is -2.25. The number of carboxylic acid groups (broad SMARTS) is 1. The van der Waals surface area contributed by atoms with E-state index < -0.39 is 18.2 Å². The molecule has 38 heavy (non-hydrogen) atoms. The van der Waals surface area contributed by atoms with Crippen molar-refractivity contribution in [2.24, 2.45) is 0 Å². The Bertz CT molecular complexity index is 1500. The molecule has 8 heteroatoms. The summed E-state index contributed by atoms with van der Waals surface area (Å²) in [5, 5.41) is 20.7. The van der Waals surface area contributed by atoms with E-state index in [0.717, 1.165) is 22.4 Å². The van der Waals surface area contributed by atoms with Crippen molar-refractivity contribution in [3.63, 3.8) is 0 Å². The molecule has 0 amide bonds. The number of nitrogens with one attached hydrogen (secondary N) is 1. The zero-order valence-electron chi connectivity index (χ0n) is 21.5. The van der Waals surface area contributed by atoms with Gasteiger partial charge in [0.1, 0.15) is 35.3 Å². The number of allylic oxidation sites excluding steroid dienone is 1. The second-order valence-electron chi connectivity index (χ2n) is 9.45. The minimum Gasteiger partial charge on any atom is -0.496 e. The van der Waals surface area contributed by atoms with Crippen LogP contribution in [0.5, 0.6) is 11.5 Å².